The average Bonchev–Trinajstić information content (AvgIpc) is 2.68. The highest BCUT2D eigenvalue weighted by Crippen LogP contribution is 2.23. The van der Waals surface area contributed by atoms with Crippen LogP contribution in [-0.4, -0.2) is 5.71 Å². The number of hydrogen-bond donors (Lipinski definition) is 0. The summed E-state index contributed by atoms with van der Waals surface area (Å²) in [7, 11) is 0. The van der Waals surface area contributed by atoms with Crippen molar-refractivity contribution in [2.75, 3.05) is 0 Å². The summed E-state index contributed by atoms with van der Waals surface area (Å²) in [5, 5.41) is 0. The minimum atomic E-state index is 0.824. The summed E-state index contributed by atoms with van der Waals surface area (Å²) in [4.78, 5) is 4.64. The van der Waals surface area contributed by atoms with Crippen molar-refractivity contribution in [2.24, 2.45) is 4.99 Å². The van der Waals surface area contributed by atoms with Gasteiger partial charge in [0.2, 0.25) is 0 Å². The van der Waals surface area contributed by atoms with E-state index < -0.39 is 0 Å². The van der Waals surface area contributed by atoms with E-state index in [0.29, 0.717) is 0 Å². The van der Waals surface area contributed by atoms with Gasteiger partial charge in [0, 0.05) is 5.56 Å². The molecule has 0 bridgehead atoms. The molecule has 0 fully saturated rings. The molecule has 17 heavy (non-hydrogen) atoms. The first-order valence-electron chi connectivity index (χ1n) is 6.04. The van der Waals surface area contributed by atoms with Crippen molar-refractivity contribution in [3.63, 3.8) is 0 Å². The molecule has 0 N–H and O–H groups in total. The molecule has 2 rings (SSSR count). The van der Waals surface area contributed by atoms with Crippen LogP contribution >= 0.6 is 0 Å². The molecular weight excluding hydrogens is 206 g/mol. The monoisotopic (exact) mass is 225 g/mol. The number of benzene rings is 1. The maximum atomic E-state index is 4.64. The molecule has 1 aromatic rings. The van der Waals surface area contributed by atoms with Crippen LogP contribution in [0.2, 0.25) is 0 Å². The lowest BCUT2D eigenvalue weighted by atomic mass is 9.99. The van der Waals surface area contributed by atoms with Gasteiger partial charge in [0.1, 0.15) is 0 Å². The van der Waals surface area contributed by atoms with E-state index in [9.17, 15) is 0 Å². The average molecular weight is 225 g/mol. The zero-order chi connectivity index (χ0) is 12.4. The second-order valence-corrected chi connectivity index (χ2v) is 4.92. The van der Waals surface area contributed by atoms with Crippen molar-refractivity contribution in [1.82, 2.24) is 0 Å². The van der Waals surface area contributed by atoms with E-state index in [1.807, 2.05) is 0 Å². The molecule has 0 saturated carbocycles. The Kier molecular flexibility index (Phi) is 3.28. The fraction of sp³-hybridized carbons (Fsp3) is 0.312. The zero-order valence-corrected chi connectivity index (χ0v) is 11.0. The second-order valence-electron chi connectivity index (χ2n) is 4.92. The van der Waals surface area contributed by atoms with Crippen LogP contribution in [-0.2, 0) is 6.54 Å². The third kappa shape index (κ3) is 2.55. The number of hydrogen-bond acceptors (Lipinski definition) is 1. The number of nitrogens with zero attached hydrogens (tertiary/aromatic N) is 1. The molecule has 1 heterocycles. The molecule has 0 saturated heterocycles. The minimum Gasteiger partial charge on any atom is -0.280 e. The van der Waals surface area contributed by atoms with Crippen LogP contribution < -0.4 is 0 Å². The van der Waals surface area contributed by atoms with Gasteiger partial charge in [-0.25, -0.2) is 0 Å². The highest BCUT2D eigenvalue weighted by molar-refractivity contribution is 6.14. The topological polar surface area (TPSA) is 12.4 Å². The molecule has 0 aromatic heterocycles. The lowest BCUT2D eigenvalue weighted by molar-refractivity contribution is 1.10. The van der Waals surface area contributed by atoms with Gasteiger partial charge in [-0.1, -0.05) is 35.4 Å². The zero-order valence-electron chi connectivity index (χ0n) is 11.0. The molecule has 1 aromatic carbocycles. The Morgan fingerprint density at radius 1 is 1.18 bits per heavy atom. The molecule has 88 valence electrons. The van der Waals surface area contributed by atoms with Crippen LogP contribution in [0.3, 0.4) is 0 Å². The number of aliphatic imine (C=N–C) groups is 1. The molecule has 1 heteroatoms. The summed E-state index contributed by atoms with van der Waals surface area (Å²) in [5.74, 6) is 0. The van der Waals surface area contributed by atoms with Gasteiger partial charge in [0.05, 0.1) is 12.3 Å². The third-order valence-electron chi connectivity index (χ3n) is 2.97. The molecule has 0 aliphatic carbocycles. The van der Waals surface area contributed by atoms with Crippen LogP contribution in [0, 0.1) is 6.92 Å². The van der Waals surface area contributed by atoms with E-state index in [0.717, 1.165) is 12.3 Å². The van der Waals surface area contributed by atoms with E-state index >= 15 is 0 Å². The summed E-state index contributed by atoms with van der Waals surface area (Å²) in [6.07, 6.45) is 4.30. The van der Waals surface area contributed by atoms with Crippen LogP contribution in [0.4, 0.5) is 0 Å². The van der Waals surface area contributed by atoms with Gasteiger partial charge >= 0.3 is 0 Å². The minimum absolute atomic E-state index is 0.824. The fourth-order valence-corrected chi connectivity index (χ4v) is 2.01. The molecule has 0 radical (unpaired) electrons. The number of fused-ring (bicyclic) bond motifs is 1. The molecule has 1 aliphatic rings. The number of rotatable bonds is 2. The first-order valence-corrected chi connectivity index (χ1v) is 6.04. The maximum absolute atomic E-state index is 4.64. The number of aryl methyl sites for hydroxylation is 1. The van der Waals surface area contributed by atoms with E-state index in [4.69, 9.17) is 0 Å². The van der Waals surface area contributed by atoms with Crippen LogP contribution in [0.15, 0.2) is 46.5 Å². The Morgan fingerprint density at radius 3 is 2.65 bits per heavy atom. The van der Waals surface area contributed by atoms with Crippen molar-refractivity contribution in [3.8, 4) is 0 Å². The quantitative estimate of drug-likeness (QED) is 0.668. The highest BCUT2D eigenvalue weighted by atomic mass is 14.8. The molecule has 0 spiro atoms. The summed E-state index contributed by atoms with van der Waals surface area (Å²) in [5.41, 5.74) is 7.66. The van der Waals surface area contributed by atoms with Crippen molar-refractivity contribution in [3.05, 3.63) is 58.2 Å². The van der Waals surface area contributed by atoms with Gasteiger partial charge in [0.15, 0.2) is 0 Å². The van der Waals surface area contributed by atoms with Crippen molar-refractivity contribution in [1.29, 1.82) is 0 Å². The Hall–Kier alpha value is -1.63. The van der Waals surface area contributed by atoms with E-state index in [-0.39, 0.29) is 0 Å². The lowest BCUT2D eigenvalue weighted by Crippen LogP contribution is -2.00. The third-order valence-corrected chi connectivity index (χ3v) is 2.97. The molecule has 1 nitrogen and oxygen atoms in total. The Bertz CT molecular complexity index is 526. The molecule has 0 unspecified atom stereocenters. The predicted octanol–water partition coefficient (Wildman–Crippen LogP) is 4.21. The summed E-state index contributed by atoms with van der Waals surface area (Å²) >= 11 is 0. The SMILES string of the molecule is CC(C)=C/C=C(\C)C1=NCc2ccc(C)cc21. The van der Waals surface area contributed by atoms with Crippen molar-refractivity contribution >= 4 is 5.71 Å². The molecule has 0 atom stereocenters. The summed E-state index contributed by atoms with van der Waals surface area (Å²) < 4.78 is 0. The van der Waals surface area contributed by atoms with Crippen LogP contribution in [0.1, 0.15) is 37.5 Å². The smallest absolute Gasteiger partial charge is 0.0683 e. The Balaban J connectivity index is 2.36. The van der Waals surface area contributed by atoms with Crippen LogP contribution in [0.5, 0.6) is 0 Å². The second kappa shape index (κ2) is 4.70. The van der Waals surface area contributed by atoms with Gasteiger partial charge in [-0.2, -0.15) is 0 Å². The van der Waals surface area contributed by atoms with Gasteiger partial charge in [-0.3, -0.25) is 4.99 Å². The summed E-state index contributed by atoms with van der Waals surface area (Å²) in [6, 6.07) is 6.59. The molecule has 0 amide bonds. The number of allylic oxidation sites excluding steroid dienone is 4. The first-order chi connectivity index (χ1) is 8.08. The standard InChI is InChI=1S/C16H19N/c1-11(2)5-7-13(4)16-15-9-12(3)6-8-14(15)10-17-16/h5-9H,10H2,1-4H3/b13-7+. The van der Waals surface area contributed by atoms with Gasteiger partial charge in [-0.05, 0) is 44.9 Å². The maximum Gasteiger partial charge on any atom is 0.0683 e. The Labute approximate surface area is 104 Å². The van der Waals surface area contributed by atoms with E-state index in [2.05, 4.69) is 63.0 Å². The Morgan fingerprint density at radius 2 is 1.94 bits per heavy atom. The van der Waals surface area contributed by atoms with Gasteiger partial charge < -0.3 is 0 Å². The normalized spacial score (nSPS) is 14.4. The summed E-state index contributed by atoms with van der Waals surface area (Å²) in [6.45, 7) is 9.31. The van der Waals surface area contributed by atoms with E-state index in [1.165, 1.54) is 27.8 Å². The lowest BCUT2D eigenvalue weighted by Gasteiger charge is -2.04. The van der Waals surface area contributed by atoms with Crippen LogP contribution in [0.25, 0.3) is 0 Å². The molecule has 1 aliphatic heterocycles. The van der Waals surface area contributed by atoms with Crippen molar-refractivity contribution < 1.29 is 0 Å². The predicted molar refractivity (Wildman–Crippen MR) is 74.6 cm³/mol. The fourth-order valence-electron chi connectivity index (χ4n) is 2.01. The van der Waals surface area contributed by atoms with Crippen molar-refractivity contribution in [2.45, 2.75) is 34.2 Å². The largest absolute Gasteiger partial charge is 0.280 e. The van der Waals surface area contributed by atoms with Gasteiger partial charge in [0.25, 0.3) is 0 Å². The van der Waals surface area contributed by atoms with Gasteiger partial charge in [-0.15, -0.1) is 0 Å². The highest BCUT2D eigenvalue weighted by Gasteiger charge is 2.16. The van der Waals surface area contributed by atoms with E-state index in [1.54, 1.807) is 0 Å². The molecular formula is C16H19N. The first kappa shape index (κ1) is 11.8.